The summed E-state index contributed by atoms with van der Waals surface area (Å²) in [6.07, 6.45) is 8.66. The number of allylic oxidation sites excluding steroid dienone is 1. The average Bonchev–Trinajstić information content (AvgIpc) is 3.84. The first-order valence-corrected chi connectivity index (χ1v) is 24.5. The first kappa shape index (κ1) is 50.2. The van der Waals surface area contributed by atoms with Crippen molar-refractivity contribution in [2.75, 3.05) is 39.8 Å². The van der Waals surface area contributed by atoms with Crippen molar-refractivity contribution in [3.05, 3.63) is 138 Å². The average molecular weight is 959 g/mol. The third-order valence-corrected chi connectivity index (χ3v) is 13.3. The molecular formula is C56H66N2O12. The summed E-state index contributed by atoms with van der Waals surface area (Å²) in [5, 5.41) is 25.0. The molecule has 4 aliphatic rings. The Morgan fingerprint density at radius 2 is 1.64 bits per heavy atom. The molecule has 1 saturated carbocycles. The zero-order valence-corrected chi connectivity index (χ0v) is 40.5. The molecule has 2 N–H and O–H groups in total. The molecule has 8 rings (SSSR count). The number of benzene rings is 4. The number of unbranched alkanes of at least 4 members (excludes halogenated alkanes) is 2. The lowest BCUT2D eigenvalue weighted by molar-refractivity contribution is -0.256. The molecule has 0 radical (unpaired) electrons. The van der Waals surface area contributed by atoms with Crippen molar-refractivity contribution in [3.8, 4) is 28.7 Å². The molecule has 1 fully saturated rings. The molecule has 2 heterocycles. The van der Waals surface area contributed by atoms with Gasteiger partial charge in [-0.2, -0.15) is 0 Å². The van der Waals surface area contributed by atoms with Crippen molar-refractivity contribution >= 4 is 18.1 Å². The van der Waals surface area contributed by atoms with Crippen LogP contribution < -0.4 is 18.9 Å². The molecule has 2 aliphatic heterocycles. The highest BCUT2D eigenvalue weighted by atomic mass is 16.7. The zero-order valence-electron chi connectivity index (χ0n) is 40.5. The van der Waals surface area contributed by atoms with Crippen LogP contribution in [0.15, 0.2) is 120 Å². The van der Waals surface area contributed by atoms with Gasteiger partial charge in [0.1, 0.15) is 41.8 Å². The molecule has 4 aromatic rings. The van der Waals surface area contributed by atoms with E-state index < -0.39 is 29.4 Å². The first-order chi connectivity index (χ1) is 34.0. The molecule has 14 nitrogen and oxygen atoms in total. The standard InChI is InChI=1S/C56H66N2O12/c1-5-26-67-56-51(58(34-39-20-22-49-50(30-39)66-37-65-49)54(62)64-28-27-63-36-38-14-7-6-8-15-38)33-47(57-70-55(2,3)4)45-31-41(17-9-11-24-59)44(19-10-12-25-60)52(53(45)56)46-32-43(21-23-48(46)69-56)68-42-18-13-16-40(29-42)35-61/h5-8,13-16,18,20-23,29-32,35,41,44,51-53,59-60H,1,9-12,17,19,24-28,33-34,36-37H2,2-4H3/t41-,44+,51-,52+,53+,56+/m0/s1. The summed E-state index contributed by atoms with van der Waals surface area (Å²) >= 11 is 0. The van der Waals surface area contributed by atoms with Crippen molar-refractivity contribution in [3.63, 3.8) is 0 Å². The van der Waals surface area contributed by atoms with E-state index in [9.17, 15) is 15.0 Å². The number of hydrogen-bond acceptors (Lipinski definition) is 13. The summed E-state index contributed by atoms with van der Waals surface area (Å²) in [5.74, 6) is 0.333. The number of oxime groups is 1. The Hall–Kier alpha value is -6.19. The van der Waals surface area contributed by atoms with Gasteiger partial charge >= 0.3 is 6.09 Å². The van der Waals surface area contributed by atoms with Gasteiger partial charge in [0, 0.05) is 43.2 Å². The van der Waals surface area contributed by atoms with Crippen molar-refractivity contribution in [2.24, 2.45) is 22.9 Å². The van der Waals surface area contributed by atoms with Crippen molar-refractivity contribution in [1.82, 2.24) is 4.90 Å². The van der Waals surface area contributed by atoms with Gasteiger partial charge in [-0.1, -0.05) is 78.7 Å². The lowest BCUT2D eigenvalue weighted by atomic mass is 9.55. The van der Waals surface area contributed by atoms with Gasteiger partial charge in [-0.3, -0.25) is 9.69 Å². The van der Waals surface area contributed by atoms with E-state index >= 15 is 4.79 Å². The molecule has 1 amide bonds. The van der Waals surface area contributed by atoms with Crippen LogP contribution in [-0.4, -0.2) is 90.5 Å². The third kappa shape index (κ3) is 11.7. The predicted molar refractivity (Wildman–Crippen MR) is 263 cm³/mol. The molecule has 372 valence electrons. The monoisotopic (exact) mass is 958 g/mol. The Morgan fingerprint density at radius 1 is 0.871 bits per heavy atom. The van der Waals surface area contributed by atoms with E-state index in [1.54, 1.807) is 35.2 Å². The maximum atomic E-state index is 15.1. The number of nitrogens with zero attached hydrogens (tertiary/aromatic N) is 2. The Labute approximate surface area is 410 Å². The summed E-state index contributed by atoms with van der Waals surface area (Å²) in [5.41, 5.74) is 4.01. The second-order valence-corrected chi connectivity index (χ2v) is 19.2. The van der Waals surface area contributed by atoms with Crippen LogP contribution in [0.3, 0.4) is 0 Å². The highest BCUT2D eigenvalue weighted by Gasteiger charge is 2.66. The first-order valence-electron chi connectivity index (χ1n) is 24.5. The number of aldehydes is 1. The number of fused-ring (bicyclic) bond motifs is 3. The van der Waals surface area contributed by atoms with E-state index in [1.165, 1.54) is 0 Å². The van der Waals surface area contributed by atoms with Crippen LogP contribution in [0.1, 0.15) is 98.7 Å². The summed E-state index contributed by atoms with van der Waals surface area (Å²) in [7, 11) is 0. The van der Waals surface area contributed by atoms with Crippen LogP contribution in [-0.2, 0) is 32.2 Å². The molecule has 70 heavy (non-hydrogen) atoms. The molecular weight excluding hydrogens is 893 g/mol. The van der Waals surface area contributed by atoms with Crippen LogP contribution in [0.25, 0.3) is 0 Å². The highest BCUT2D eigenvalue weighted by Crippen LogP contribution is 2.62. The Morgan fingerprint density at radius 3 is 2.41 bits per heavy atom. The minimum absolute atomic E-state index is 0.0142. The Kier molecular flexibility index (Phi) is 16.6. The van der Waals surface area contributed by atoms with Crippen LogP contribution in [0.4, 0.5) is 4.79 Å². The van der Waals surface area contributed by atoms with Gasteiger partial charge in [-0.25, -0.2) is 4.79 Å². The van der Waals surface area contributed by atoms with Crippen LogP contribution in [0, 0.1) is 17.8 Å². The summed E-state index contributed by atoms with van der Waals surface area (Å²) in [4.78, 5) is 34.9. The van der Waals surface area contributed by atoms with Gasteiger partial charge in [0.05, 0.1) is 31.5 Å². The minimum Gasteiger partial charge on any atom is -0.459 e. The number of rotatable bonds is 23. The normalized spacial score (nSPS) is 22.5. The second-order valence-electron chi connectivity index (χ2n) is 19.2. The molecule has 6 atom stereocenters. The van der Waals surface area contributed by atoms with Crippen molar-refractivity contribution < 1.29 is 57.8 Å². The van der Waals surface area contributed by atoms with Crippen molar-refractivity contribution in [2.45, 2.75) is 102 Å². The number of amides is 1. The van der Waals surface area contributed by atoms with E-state index in [2.05, 4.69) is 12.7 Å². The Balaban J connectivity index is 1.29. The van der Waals surface area contributed by atoms with Crippen LogP contribution in [0.5, 0.6) is 28.7 Å². The van der Waals surface area contributed by atoms with Gasteiger partial charge in [-0.15, -0.1) is 6.58 Å². The van der Waals surface area contributed by atoms with Gasteiger partial charge in [0.2, 0.25) is 12.6 Å². The van der Waals surface area contributed by atoms with E-state index in [1.807, 2.05) is 87.5 Å². The molecule has 14 heteroatoms. The topological polar surface area (TPSA) is 164 Å². The maximum Gasteiger partial charge on any atom is 0.410 e. The van der Waals surface area contributed by atoms with Gasteiger partial charge < -0.3 is 48.2 Å². The predicted octanol–water partition coefficient (Wildman–Crippen LogP) is 10.3. The fourth-order valence-electron chi connectivity index (χ4n) is 10.3. The lowest BCUT2D eigenvalue weighted by Crippen LogP contribution is -2.70. The van der Waals surface area contributed by atoms with E-state index in [0.29, 0.717) is 59.5 Å². The molecule has 2 aliphatic carbocycles. The highest BCUT2D eigenvalue weighted by molar-refractivity contribution is 6.03. The SMILES string of the molecule is C=CCO[C@@]12Oc3ccc(Oc4cccc(C=O)c4)cc3[C@H]3[C@H](CCCCO)[C@@H](CCCCO)C=C(C(=NOC(C)(C)C)C[C@@H]1N(Cc1ccc4c(c1)OCO4)C(=O)OCCOCc1ccccc1)[C@H]32. The van der Waals surface area contributed by atoms with Crippen LogP contribution in [0.2, 0.25) is 0 Å². The number of carbonyl (C=O) groups excluding carboxylic acids is 2. The fraction of sp³-hybridized carbons (Fsp3) is 0.446. The molecule has 0 bridgehead atoms. The van der Waals surface area contributed by atoms with Gasteiger partial charge in [0.25, 0.3) is 0 Å². The molecule has 0 spiro atoms. The molecule has 0 unspecified atom stereocenters. The lowest BCUT2D eigenvalue weighted by Gasteiger charge is -2.60. The maximum absolute atomic E-state index is 15.1. The number of aliphatic hydroxyl groups excluding tert-OH is 2. The smallest absolute Gasteiger partial charge is 0.410 e. The van der Waals surface area contributed by atoms with E-state index in [-0.39, 0.29) is 70.5 Å². The Bertz CT molecular complexity index is 2490. The zero-order chi connectivity index (χ0) is 49.1. The number of ether oxygens (including phenoxy) is 7. The van der Waals surface area contributed by atoms with Crippen LogP contribution >= 0.6 is 0 Å². The molecule has 4 aromatic carbocycles. The summed E-state index contributed by atoms with van der Waals surface area (Å²) < 4.78 is 44.7. The summed E-state index contributed by atoms with van der Waals surface area (Å²) in [6.45, 7) is 10.8. The van der Waals surface area contributed by atoms with Gasteiger partial charge in [-0.05, 0) is 117 Å². The number of aliphatic hydroxyl groups is 2. The van der Waals surface area contributed by atoms with Crippen molar-refractivity contribution in [1.29, 1.82) is 0 Å². The van der Waals surface area contributed by atoms with Gasteiger partial charge in [0.15, 0.2) is 11.5 Å². The minimum atomic E-state index is -1.55. The number of carbonyl (C=O) groups is 2. The fourth-order valence-corrected chi connectivity index (χ4v) is 10.3. The van der Waals surface area contributed by atoms with E-state index in [0.717, 1.165) is 54.2 Å². The quantitative estimate of drug-likeness (QED) is 0.0313. The molecule has 0 aromatic heterocycles. The third-order valence-electron chi connectivity index (χ3n) is 13.3. The van der Waals surface area contributed by atoms with E-state index in [4.69, 9.17) is 43.2 Å². The number of hydrogen-bond donors (Lipinski definition) is 2. The summed E-state index contributed by atoms with van der Waals surface area (Å²) in [6, 6.07) is 27.3. The largest absolute Gasteiger partial charge is 0.459 e. The second kappa shape index (κ2) is 23.2. The molecule has 0 saturated heterocycles.